The number of Topliss-reactive ketones (excluding diaryl/α,β-unsaturated/α-hetero) is 1. The van der Waals surface area contributed by atoms with Crippen LogP contribution >= 0.6 is 0 Å². The van der Waals surface area contributed by atoms with Crippen molar-refractivity contribution in [2.75, 3.05) is 19.4 Å². The standard InChI is InChI=1S/C23H32N2O2/c1-17(2)22(27)14-23(3,25(4)15-18-10-6-5-7-11-18)20(16-26)19-12-8-9-13-21(19)24/h5-13,17,20,26H,14-16,24H2,1-4H3. The van der Waals surface area contributed by atoms with Crippen LogP contribution in [0.2, 0.25) is 0 Å². The fourth-order valence-electron chi connectivity index (χ4n) is 3.58. The van der Waals surface area contributed by atoms with Gasteiger partial charge < -0.3 is 10.8 Å². The first-order valence-corrected chi connectivity index (χ1v) is 9.52. The SMILES string of the molecule is CC(C)C(=O)CC(C)(C(CO)c1ccccc1N)N(C)Cc1ccccc1. The molecule has 4 heteroatoms. The summed E-state index contributed by atoms with van der Waals surface area (Å²) < 4.78 is 0. The highest BCUT2D eigenvalue weighted by Crippen LogP contribution is 2.39. The second-order valence-electron chi connectivity index (χ2n) is 7.86. The molecule has 146 valence electrons. The van der Waals surface area contributed by atoms with Crippen LogP contribution in [0.25, 0.3) is 0 Å². The third kappa shape index (κ3) is 4.96. The number of nitrogens with two attached hydrogens (primary N) is 1. The van der Waals surface area contributed by atoms with Crippen molar-refractivity contribution in [1.29, 1.82) is 0 Å². The number of carbonyl (C=O) groups excluding carboxylic acids is 1. The minimum atomic E-state index is -0.568. The second kappa shape index (κ2) is 9.16. The Hall–Kier alpha value is -2.17. The zero-order chi connectivity index (χ0) is 20.0. The molecule has 2 aromatic rings. The second-order valence-corrected chi connectivity index (χ2v) is 7.86. The van der Waals surface area contributed by atoms with E-state index in [2.05, 4.69) is 24.0 Å². The Bertz CT molecular complexity index is 745. The van der Waals surface area contributed by atoms with Gasteiger partial charge in [-0.25, -0.2) is 0 Å². The van der Waals surface area contributed by atoms with Gasteiger partial charge in [0.15, 0.2) is 0 Å². The van der Waals surface area contributed by atoms with Crippen LogP contribution in [0.5, 0.6) is 0 Å². The first-order valence-electron chi connectivity index (χ1n) is 9.52. The maximum atomic E-state index is 12.7. The van der Waals surface area contributed by atoms with Gasteiger partial charge in [0.25, 0.3) is 0 Å². The van der Waals surface area contributed by atoms with E-state index in [1.165, 1.54) is 5.56 Å². The largest absolute Gasteiger partial charge is 0.398 e. The molecule has 0 aliphatic carbocycles. The van der Waals surface area contributed by atoms with Gasteiger partial charge in [0.05, 0.1) is 6.61 Å². The molecule has 27 heavy (non-hydrogen) atoms. The number of anilines is 1. The first kappa shape index (κ1) is 21.1. The van der Waals surface area contributed by atoms with Crippen molar-refractivity contribution in [3.63, 3.8) is 0 Å². The lowest BCUT2D eigenvalue weighted by molar-refractivity contribution is -0.125. The minimum Gasteiger partial charge on any atom is -0.398 e. The quantitative estimate of drug-likeness (QED) is 0.660. The van der Waals surface area contributed by atoms with Gasteiger partial charge in [-0.05, 0) is 31.2 Å². The van der Waals surface area contributed by atoms with E-state index < -0.39 is 5.54 Å². The maximum absolute atomic E-state index is 12.7. The molecule has 0 heterocycles. The highest BCUT2D eigenvalue weighted by molar-refractivity contribution is 5.81. The molecule has 0 radical (unpaired) electrons. The molecule has 0 fully saturated rings. The van der Waals surface area contributed by atoms with Crippen LogP contribution in [0, 0.1) is 5.92 Å². The van der Waals surface area contributed by atoms with E-state index in [9.17, 15) is 9.90 Å². The van der Waals surface area contributed by atoms with Crippen molar-refractivity contribution in [2.24, 2.45) is 5.92 Å². The van der Waals surface area contributed by atoms with Crippen LogP contribution in [0.15, 0.2) is 54.6 Å². The van der Waals surface area contributed by atoms with E-state index in [0.29, 0.717) is 18.7 Å². The van der Waals surface area contributed by atoms with E-state index in [0.717, 1.165) is 5.56 Å². The van der Waals surface area contributed by atoms with Gasteiger partial charge in [-0.3, -0.25) is 9.69 Å². The molecule has 0 saturated carbocycles. The van der Waals surface area contributed by atoms with Crippen molar-refractivity contribution in [1.82, 2.24) is 4.90 Å². The molecule has 0 aromatic heterocycles. The zero-order valence-electron chi connectivity index (χ0n) is 16.9. The summed E-state index contributed by atoms with van der Waals surface area (Å²) in [6, 6.07) is 17.8. The summed E-state index contributed by atoms with van der Waals surface area (Å²) in [6.07, 6.45) is 0.355. The molecular formula is C23H32N2O2. The lowest BCUT2D eigenvalue weighted by atomic mass is 9.74. The average molecular weight is 369 g/mol. The number of likely N-dealkylation sites (N-methyl/N-ethyl adjacent to an activating group) is 1. The molecule has 2 unspecified atom stereocenters. The van der Waals surface area contributed by atoms with Gasteiger partial charge in [-0.1, -0.05) is 62.4 Å². The van der Waals surface area contributed by atoms with Crippen LogP contribution in [0.4, 0.5) is 5.69 Å². The normalized spacial score (nSPS) is 14.9. The van der Waals surface area contributed by atoms with Crippen molar-refractivity contribution < 1.29 is 9.90 Å². The van der Waals surface area contributed by atoms with Crippen LogP contribution in [-0.2, 0) is 11.3 Å². The summed E-state index contributed by atoms with van der Waals surface area (Å²) in [7, 11) is 2.02. The molecule has 0 amide bonds. The van der Waals surface area contributed by atoms with Crippen molar-refractivity contribution >= 4 is 11.5 Å². The lowest BCUT2D eigenvalue weighted by Gasteiger charge is -2.45. The fourth-order valence-corrected chi connectivity index (χ4v) is 3.58. The number of rotatable bonds is 9. The van der Waals surface area contributed by atoms with E-state index >= 15 is 0 Å². The number of nitrogen functional groups attached to an aromatic ring is 1. The number of aliphatic hydroxyl groups excluding tert-OH is 1. The number of hydrogen-bond acceptors (Lipinski definition) is 4. The predicted octanol–water partition coefficient (Wildman–Crippen LogP) is 3.85. The zero-order valence-corrected chi connectivity index (χ0v) is 16.9. The van der Waals surface area contributed by atoms with Gasteiger partial charge >= 0.3 is 0 Å². The number of carbonyl (C=O) groups is 1. The summed E-state index contributed by atoms with van der Waals surface area (Å²) in [5.41, 5.74) is 8.36. The van der Waals surface area contributed by atoms with Gasteiger partial charge in [-0.15, -0.1) is 0 Å². The van der Waals surface area contributed by atoms with Crippen molar-refractivity contribution in [2.45, 2.75) is 45.2 Å². The lowest BCUT2D eigenvalue weighted by Crippen LogP contribution is -2.51. The van der Waals surface area contributed by atoms with Gasteiger partial charge in [0.2, 0.25) is 0 Å². The average Bonchev–Trinajstić information content (AvgIpc) is 2.64. The molecule has 0 spiro atoms. The third-order valence-electron chi connectivity index (χ3n) is 5.62. The highest BCUT2D eigenvalue weighted by Gasteiger charge is 2.41. The number of para-hydroxylation sites is 1. The van der Waals surface area contributed by atoms with E-state index in [4.69, 9.17) is 5.73 Å². The molecular weight excluding hydrogens is 336 g/mol. The van der Waals surface area contributed by atoms with E-state index in [1.54, 1.807) is 0 Å². The minimum absolute atomic E-state index is 0.0538. The number of hydrogen-bond donors (Lipinski definition) is 2. The Balaban J connectivity index is 2.44. The molecule has 2 atom stereocenters. The molecule has 0 saturated heterocycles. The molecule has 0 aliphatic rings. The predicted molar refractivity (Wildman–Crippen MR) is 111 cm³/mol. The van der Waals surface area contributed by atoms with Crippen molar-refractivity contribution in [3.8, 4) is 0 Å². The third-order valence-corrected chi connectivity index (χ3v) is 5.62. The Morgan fingerprint density at radius 1 is 1.11 bits per heavy atom. The number of aliphatic hydroxyl groups is 1. The summed E-state index contributed by atoms with van der Waals surface area (Å²) in [4.78, 5) is 14.9. The number of ketones is 1. The maximum Gasteiger partial charge on any atom is 0.137 e. The van der Waals surface area contributed by atoms with E-state index in [-0.39, 0.29) is 24.2 Å². The molecule has 0 bridgehead atoms. The van der Waals surface area contributed by atoms with Crippen LogP contribution in [0.3, 0.4) is 0 Å². The monoisotopic (exact) mass is 368 g/mol. The van der Waals surface area contributed by atoms with Crippen LogP contribution in [0.1, 0.15) is 44.2 Å². The van der Waals surface area contributed by atoms with Crippen molar-refractivity contribution in [3.05, 3.63) is 65.7 Å². The Kier molecular flexibility index (Phi) is 7.17. The fraction of sp³-hybridized carbons (Fsp3) is 0.435. The topological polar surface area (TPSA) is 66.6 Å². The van der Waals surface area contributed by atoms with Crippen LogP contribution < -0.4 is 5.73 Å². The van der Waals surface area contributed by atoms with E-state index in [1.807, 2.05) is 63.4 Å². The molecule has 0 aliphatic heterocycles. The summed E-state index contributed by atoms with van der Waals surface area (Å²) in [5, 5.41) is 10.3. The Morgan fingerprint density at radius 2 is 1.70 bits per heavy atom. The molecule has 4 nitrogen and oxygen atoms in total. The van der Waals surface area contributed by atoms with Gasteiger partial charge in [0, 0.05) is 36.0 Å². The molecule has 2 rings (SSSR count). The smallest absolute Gasteiger partial charge is 0.137 e. The summed E-state index contributed by atoms with van der Waals surface area (Å²) >= 11 is 0. The van der Waals surface area contributed by atoms with Crippen LogP contribution in [-0.4, -0.2) is 35.0 Å². The Morgan fingerprint density at radius 3 is 2.26 bits per heavy atom. The van der Waals surface area contributed by atoms with Gasteiger partial charge in [0.1, 0.15) is 5.78 Å². The first-order chi connectivity index (χ1) is 12.8. The number of nitrogens with zero attached hydrogens (tertiary/aromatic N) is 1. The highest BCUT2D eigenvalue weighted by atomic mass is 16.3. The molecule has 3 N–H and O–H groups in total. The van der Waals surface area contributed by atoms with Gasteiger partial charge in [-0.2, -0.15) is 0 Å². The number of benzene rings is 2. The Labute approximate surface area is 163 Å². The summed E-state index contributed by atoms with van der Waals surface area (Å²) in [5.74, 6) is -0.137. The summed E-state index contributed by atoms with van der Waals surface area (Å²) in [6.45, 7) is 6.51. The molecule has 2 aromatic carbocycles.